The third-order valence-corrected chi connectivity index (χ3v) is 5.05. The molecule has 1 aromatic heterocycles. The molecule has 1 N–H and O–H groups in total. The molecule has 3 aromatic rings. The molecule has 0 aliphatic heterocycles. The second-order valence-electron chi connectivity index (χ2n) is 6.52. The van der Waals surface area contributed by atoms with Crippen molar-refractivity contribution in [3.8, 4) is 10.6 Å². The molecule has 150 valence electrons. The van der Waals surface area contributed by atoms with E-state index in [0.717, 1.165) is 23.5 Å². The standard InChI is InChI=1S/C21H18F2N2O3S/c1-11(2)28-21(27)13-6-4-7-14(10-13)25-19(26)18-12(3)24-20(29-18)17-15(22)8-5-9-16(17)23/h4-11H,1-3H3,(H,25,26). The van der Waals surface area contributed by atoms with Gasteiger partial charge in [-0.25, -0.2) is 18.6 Å². The van der Waals surface area contributed by atoms with Gasteiger partial charge in [0, 0.05) is 5.69 Å². The van der Waals surface area contributed by atoms with Crippen LogP contribution in [0.3, 0.4) is 0 Å². The van der Waals surface area contributed by atoms with Crippen LogP contribution in [0.2, 0.25) is 0 Å². The first-order chi connectivity index (χ1) is 13.8. The average Bonchev–Trinajstić information content (AvgIpc) is 3.02. The van der Waals surface area contributed by atoms with Crippen molar-refractivity contribution in [3.05, 3.63) is 70.2 Å². The predicted molar refractivity (Wildman–Crippen MR) is 107 cm³/mol. The Morgan fingerprint density at radius 2 is 1.76 bits per heavy atom. The van der Waals surface area contributed by atoms with Gasteiger partial charge in [-0.3, -0.25) is 4.79 Å². The molecule has 0 saturated heterocycles. The number of ether oxygens (including phenoxy) is 1. The minimum absolute atomic E-state index is 0.0810. The fourth-order valence-electron chi connectivity index (χ4n) is 2.61. The first-order valence-corrected chi connectivity index (χ1v) is 9.62. The van der Waals surface area contributed by atoms with Crippen molar-refractivity contribution in [2.24, 2.45) is 0 Å². The maximum atomic E-state index is 14.0. The van der Waals surface area contributed by atoms with Crippen LogP contribution in [0, 0.1) is 18.6 Å². The zero-order valence-electron chi connectivity index (χ0n) is 16.0. The molecule has 0 unspecified atom stereocenters. The highest BCUT2D eigenvalue weighted by atomic mass is 32.1. The Labute approximate surface area is 170 Å². The summed E-state index contributed by atoms with van der Waals surface area (Å²) in [5.74, 6) is -2.48. The molecule has 0 atom stereocenters. The van der Waals surface area contributed by atoms with Crippen molar-refractivity contribution in [3.63, 3.8) is 0 Å². The zero-order chi connectivity index (χ0) is 21.1. The molecule has 0 fully saturated rings. The van der Waals surface area contributed by atoms with E-state index in [1.165, 1.54) is 12.1 Å². The number of halogens is 2. The summed E-state index contributed by atoms with van der Waals surface area (Å²) in [7, 11) is 0. The van der Waals surface area contributed by atoms with E-state index in [0.29, 0.717) is 16.9 Å². The number of hydrogen-bond acceptors (Lipinski definition) is 5. The van der Waals surface area contributed by atoms with E-state index in [2.05, 4.69) is 10.3 Å². The number of aromatic nitrogens is 1. The quantitative estimate of drug-likeness (QED) is 0.580. The van der Waals surface area contributed by atoms with Gasteiger partial charge in [-0.05, 0) is 51.1 Å². The van der Waals surface area contributed by atoms with Gasteiger partial charge >= 0.3 is 5.97 Å². The Morgan fingerprint density at radius 3 is 2.41 bits per heavy atom. The van der Waals surface area contributed by atoms with Crippen LogP contribution in [0.1, 0.15) is 39.6 Å². The highest BCUT2D eigenvalue weighted by molar-refractivity contribution is 7.17. The topological polar surface area (TPSA) is 68.3 Å². The minimum Gasteiger partial charge on any atom is -0.459 e. The molecule has 0 aliphatic carbocycles. The Balaban J connectivity index is 1.84. The lowest BCUT2D eigenvalue weighted by atomic mass is 10.2. The van der Waals surface area contributed by atoms with Gasteiger partial charge in [-0.1, -0.05) is 12.1 Å². The third kappa shape index (κ3) is 4.65. The van der Waals surface area contributed by atoms with E-state index in [-0.39, 0.29) is 21.6 Å². The Kier molecular flexibility index (Phi) is 6.03. The molecule has 8 heteroatoms. The summed E-state index contributed by atoms with van der Waals surface area (Å²) in [5.41, 5.74) is 0.768. The summed E-state index contributed by atoms with van der Waals surface area (Å²) in [4.78, 5) is 29.1. The largest absolute Gasteiger partial charge is 0.459 e. The molecule has 5 nitrogen and oxygen atoms in total. The van der Waals surface area contributed by atoms with Crippen molar-refractivity contribution >= 4 is 28.9 Å². The summed E-state index contributed by atoms with van der Waals surface area (Å²) in [6.45, 7) is 5.07. The number of amides is 1. The number of benzene rings is 2. The summed E-state index contributed by atoms with van der Waals surface area (Å²) in [6, 6.07) is 9.85. The summed E-state index contributed by atoms with van der Waals surface area (Å²) in [6.07, 6.45) is -0.266. The maximum absolute atomic E-state index is 14.0. The molecule has 1 heterocycles. The monoisotopic (exact) mass is 416 g/mol. The van der Waals surface area contributed by atoms with Crippen molar-refractivity contribution in [1.29, 1.82) is 0 Å². The van der Waals surface area contributed by atoms with Crippen LogP contribution < -0.4 is 5.32 Å². The molecule has 3 rings (SSSR count). The van der Waals surface area contributed by atoms with Crippen molar-refractivity contribution in [1.82, 2.24) is 4.98 Å². The molecular weight excluding hydrogens is 398 g/mol. The van der Waals surface area contributed by atoms with Gasteiger partial charge in [-0.15, -0.1) is 11.3 Å². The number of nitrogens with zero attached hydrogens (tertiary/aromatic N) is 1. The van der Waals surface area contributed by atoms with Gasteiger partial charge in [0.15, 0.2) is 0 Å². The van der Waals surface area contributed by atoms with Gasteiger partial charge in [0.25, 0.3) is 5.91 Å². The Hall–Kier alpha value is -3.13. The average molecular weight is 416 g/mol. The maximum Gasteiger partial charge on any atom is 0.338 e. The highest BCUT2D eigenvalue weighted by Gasteiger charge is 2.21. The predicted octanol–water partition coefficient (Wildman–Crippen LogP) is 5.21. The van der Waals surface area contributed by atoms with E-state index in [1.54, 1.807) is 39.0 Å². The number of carbonyl (C=O) groups is 2. The van der Waals surface area contributed by atoms with E-state index in [9.17, 15) is 18.4 Å². The molecule has 0 radical (unpaired) electrons. The fraction of sp³-hybridized carbons (Fsp3) is 0.190. The number of thiazole rings is 1. The highest BCUT2D eigenvalue weighted by Crippen LogP contribution is 2.32. The van der Waals surface area contributed by atoms with Crippen LogP contribution in [-0.4, -0.2) is 23.0 Å². The van der Waals surface area contributed by atoms with E-state index < -0.39 is 23.5 Å². The molecule has 0 spiro atoms. The van der Waals surface area contributed by atoms with Gasteiger partial charge in [0.2, 0.25) is 0 Å². The minimum atomic E-state index is -0.748. The molecular formula is C21H18F2N2O3S. The summed E-state index contributed by atoms with van der Waals surface area (Å²) < 4.78 is 33.2. The van der Waals surface area contributed by atoms with Crippen molar-refractivity contribution in [2.45, 2.75) is 26.9 Å². The van der Waals surface area contributed by atoms with Gasteiger partial charge in [-0.2, -0.15) is 0 Å². The van der Waals surface area contributed by atoms with Crippen LogP contribution >= 0.6 is 11.3 Å². The summed E-state index contributed by atoms with van der Waals surface area (Å²) >= 11 is 0.892. The second kappa shape index (κ2) is 8.48. The Bertz CT molecular complexity index is 1060. The van der Waals surface area contributed by atoms with E-state index in [1.807, 2.05) is 0 Å². The number of carbonyl (C=O) groups excluding carboxylic acids is 2. The van der Waals surface area contributed by atoms with Crippen LogP contribution in [0.5, 0.6) is 0 Å². The number of aryl methyl sites for hydroxylation is 1. The molecule has 0 aliphatic rings. The van der Waals surface area contributed by atoms with Crippen LogP contribution in [-0.2, 0) is 4.74 Å². The normalized spacial score (nSPS) is 10.8. The molecule has 1 amide bonds. The van der Waals surface area contributed by atoms with Gasteiger partial charge < -0.3 is 10.1 Å². The molecule has 29 heavy (non-hydrogen) atoms. The zero-order valence-corrected chi connectivity index (χ0v) is 16.8. The third-order valence-electron chi connectivity index (χ3n) is 3.88. The van der Waals surface area contributed by atoms with Crippen LogP contribution in [0.25, 0.3) is 10.6 Å². The van der Waals surface area contributed by atoms with Crippen LogP contribution in [0.15, 0.2) is 42.5 Å². The molecule has 2 aromatic carbocycles. The van der Waals surface area contributed by atoms with Crippen molar-refractivity contribution in [2.75, 3.05) is 5.32 Å². The van der Waals surface area contributed by atoms with Crippen LogP contribution in [0.4, 0.5) is 14.5 Å². The first-order valence-electron chi connectivity index (χ1n) is 8.80. The lowest BCUT2D eigenvalue weighted by Crippen LogP contribution is -2.14. The van der Waals surface area contributed by atoms with Crippen molar-refractivity contribution < 1.29 is 23.1 Å². The number of nitrogens with one attached hydrogen (secondary N) is 1. The fourth-order valence-corrected chi connectivity index (χ4v) is 3.62. The SMILES string of the molecule is Cc1nc(-c2c(F)cccc2F)sc1C(=O)Nc1cccc(C(=O)OC(C)C)c1. The molecule has 0 bridgehead atoms. The van der Waals surface area contributed by atoms with E-state index in [4.69, 9.17) is 4.74 Å². The lowest BCUT2D eigenvalue weighted by molar-refractivity contribution is 0.0377. The van der Waals surface area contributed by atoms with E-state index >= 15 is 0 Å². The number of rotatable bonds is 5. The smallest absolute Gasteiger partial charge is 0.338 e. The number of anilines is 1. The number of hydrogen-bond donors (Lipinski definition) is 1. The first kappa shape index (κ1) is 20.6. The van der Waals surface area contributed by atoms with Gasteiger partial charge in [0.1, 0.15) is 21.5 Å². The second-order valence-corrected chi connectivity index (χ2v) is 7.52. The Morgan fingerprint density at radius 1 is 1.10 bits per heavy atom. The molecule has 0 saturated carbocycles. The number of esters is 1. The summed E-state index contributed by atoms with van der Waals surface area (Å²) in [5, 5.41) is 2.76. The van der Waals surface area contributed by atoms with Gasteiger partial charge in [0.05, 0.1) is 22.9 Å². The lowest BCUT2D eigenvalue weighted by Gasteiger charge is -2.09.